The molecule has 104 valence electrons. The number of piperidine rings is 1. The molecule has 0 bridgehead atoms. The molecule has 1 N–H and O–H groups in total. The molecule has 0 saturated carbocycles. The SMILES string of the molecule is CC(C)Oc1ccc(C(=O)C2(C)CCCNC2)cc1. The lowest BCUT2D eigenvalue weighted by atomic mass is 9.76. The van der Waals surface area contributed by atoms with Crippen molar-refractivity contribution in [2.75, 3.05) is 13.1 Å². The van der Waals surface area contributed by atoms with Crippen LogP contribution in [0.3, 0.4) is 0 Å². The summed E-state index contributed by atoms with van der Waals surface area (Å²) in [5.74, 6) is 1.05. The molecule has 2 rings (SSSR count). The van der Waals surface area contributed by atoms with Crippen LogP contribution in [0, 0.1) is 5.41 Å². The second-order valence-corrected chi connectivity index (χ2v) is 5.86. The van der Waals surface area contributed by atoms with Crippen LogP contribution in [0.25, 0.3) is 0 Å². The van der Waals surface area contributed by atoms with E-state index in [1.54, 1.807) is 0 Å². The molecule has 0 aromatic heterocycles. The summed E-state index contributed by atoms with van der Waals surface area (Å²) in [6, 6.07) is 7.51. The standard InChI is InChI=1S/C16H23NO2/c1-12(2)19-14-7-5-13(6-8-14)15(18)16(3)9-4-10-17-11-16/h5-8,12,17H,4,9-11H2,1-3H3. The van der Waals surface area contributed by atoms with E-state index in [4.69, 9.17) is 4.74 Å². The number of hydrogen-bond acceptors (Lipinski definition) is 3. The van der Waals surface area contributed by atoms with Gasteiger partial charge in [-0.15, -0.1) is 0 Å². The second kappa shape index (κ2) is 5.74. The highest BCUT2D eigenvalue weighted by molar-refractivity contribution is 6.00. The van der Waals surface area contributed by atoms with Crippen LogP contribution >= 0.6 is 0 Å². The third-order valence-electron chi connectivity index (χ3n) is 3.63. The summed E-state index contributed by atoms with van der Waals surface area (Å²) >= 11 is 0. The molecule has 19 heavy (non-hydrogen) atoms. The average Bonchev–Trinajstić information content (AvgIpc) is 2.39. The topological polar surface area (TPSA) is 38.3 Å². The lowest BCUT2D eigenvalue weighted by Crippen LogP contribution is -2.43. The molecular weight excluding hydrogens is 238 g/mol. The summed E-state index contributed by atoms with van der Waals surface area (Å²) in [4.78, 5) is 12.6. The zero-order chi connectivity index (χ0) is 13.9. The van der Waals surface area contributed by atoms with Crippen molar-refractivity contribution in [2.45, 2.75) is 39.7 Å². The van der Waals surface area contributed by atoms with E-state index >= 15 is 0 Å². The van der Waals surface area contributed by atoms with Crippen molar-refractivity contribution in [1.82, 2.24) is 5.32 Å². The highest BCUT2D eigenvalue weighted by atomic mass is 16.5. The molecule has 1 aliphatic rings. The Labute approximate surface area is 115 Å². The molecule has 0 spiro atoms. The smallest absolute Gasteiger partial charge is 0.169 e. The number of benzene rings is 1. The molecule has 1 saturated heterocycles. The Hall–Kier alpha value is -1.35. The minimum Gasteiger partial charge on any atom is -0.491 e. The maximum Gasteiger partial charge on any atom is 0.169 e. The Morgan fingerprint density at radius 3 is 2.53 bits per heavy atom. The number of carbonyl (C=O) groups is 1. The largest absolute Gasteiger partial charge is 0.491 e. The maximum atomic E-state index is 12.6. The van der Waals surface area contributed by atoms with Gasteiger partial charge in [0.25, 0.3) is 0 Å². The molecule has 3 nitrogen and oxygen atoms in total. The summed E-state index contributed by atoms with van der Waals surface area (Å²) < 4.78 is 5.60. The summed E-state index contributed by atoms with van der Waals surface area (Å²) in [7, 11) is 0. The van der Waals surface area contributed by atoms with Gasteiger partial charge in [-0.3, -0.25) is 4.79 Å². The summed E-state index contributed by atoms with van der Waals surface area (Å²) in [6.45, 7) is 7.84. The number of hydrogen-bond donors (Lipinski definition) is 1. The van der Waals surface area contributed by atoms with Gasteiger partial charge in [0.05, 0.1) is 6.10 Å². The fourth-order valence-electron chi connectivity index (χ4n) is 2.56. The van der Waals surface area contributed by atoms with Gasteiger partial charge in [0, 0.05) is 17.5 Å². The van der Waals surface area contributed by atoms with Gasteiger partial charge in [-0.1, -0.05) is 6.92 Å². The third kappa shape index (κ3) is 3.35. The van der Waals surface area contributed by atoms with E-state index in [2.05, 4.69) is 12.2 Å². The van der Waals surface area contributed by atoms with E-state index < -0.39 is 0 Å². The van der Waals surface area contributed by atoms with E-state index in [1.807, 2.05) is 38.1 Å². The monoisotopic (exact) mass is 261 g/mol. The number of ether oxygens (including phenoxy) is 1. The van der Waals surface area contributed by atoms with Crippen molar-refractivity contribution in [2.24, 2.45) is 5.41 Å². The van der Waals surface area contributed by atoms with E-state index in [0.29, 0.717) is 0 Å². The van der Waals surface area contributed by atoms with Crippen molar-refractivity contribution >= 4 is 5.78 Å². The Balaban J connectivity index is 2.10. The van der Waals surface area contributed by atoms with Gasteiger partial charge in [-0.05, 0) is 57.5 Å². The van der Waals surface area contributed by atoms with Crippen molar-refractivity contribution in [3.8, 4) is 5.75 Å². The lowest BCUT2D eigenvalue weighted by molar-refractivity contribution is 0.0773. The molecule has 0 amide bonds. The fourth-order valence-corrected chi connectivity index (χ4v) is 2.56. The van der Waals surface area contributed by atoms with Gasteiger partial charge < -0.3 is 10.1 Å². The Bertz CT molecular complexity index is 431. The maximum absolute atomic E-state index is 12.6. The van der Waals surface area contributed by atoms with Gasteiger partial charge >= 0.3 is 0 Å². The van der Waals surface area contributed by atoms with Crippen LogP contribution in [0.4, 0.5) is 0 Å². The molecule has 3 heteroatoms. The second-order valence-electron chi connectivity index (χ2n) is 5.86. The van der Waals surface area contributed by atoms with E-state index in [9.17, 15) is 4.79 Å². The first-order chi connectivity index (χ1) is 9.01. The fraction of sp³-hybridized carbons (Fsp3) is 0.562. The number of carbonyl (C=O) groups excluding carboxylic acids is 1. The van der Waals surface area contributed by atoms with E-state index in [0.717, 1.165) is 37.2 Å². The van der Waals surface area contributed by atoms with Crippen LogP contribution in [0.15, 0.2) is 24.3 Å². The highest BCUT2D eigenvalue weighted by Crippen LogP contribution is 2.30. The van der Waals surface area contributed by atoms with Crippen LogP contribution in [-0.4, -0.2) is 25.0 Å². The van der Waals surface area contributed by atoms with E-state index in [-0.39, 0.29) is 17.3 Å². The van der Waals surface area contributed by atoms with Gasteiger partial charge in [0.15, 0.2) is 5.78 Å². The predicted molar refractivity (Wildman–Crippen MR) is 76.7 cm³/mol. The number of ketones is 1. The zero-order valence-electron chi connectivity index (χ0n) is 12.0. The zero-order valence-corrected chi connectivity index (χ0v) is 12.0. The Kier molecular flexibility index (Phi) is 4.25. The molecule has 1 unspecified atom stereocenters. The van der Waals surface area contributed by atoms with Crippen LogP contribution in [0.5, 0.6) is 5.75 Å². The van der Waals surface area contributed by atoms with Gasteiger partial charge in [-0.2, -0.15) is 0 Å². The van der Waals surface area contributed by atoms with Gasteiger partial charge in [0.1, 0.15) is 5.75 Å². The predicted octanol–water partition coefficient (Wildman–Crippen LogP) is 3.05. The lowest BCUT2D eigenvalue weighted by Gasteiger charge is -2.32. The first-order valence-corrected chi connectivity index (χ1v) is 7.03. The number of rotatable bonds is 4. The van der Waals surface area contributed by atoms with Crippen LogP contribution < -0.4 is 10.1 Å². The van der Waals surface area contributed by atoms with Crippen molar-refractivity contribution in [3.05, 3.63) is 29.8 Å². The molecular formula is C16H23NO2. The molecule has 1 fully saturated rings. The van der Waals surface area contributed by atoms with Gasteiger partial charge in [-0.25, -0.2) is 0 Å². The normalized spacial score (nSPS) is 23.4. The van der Waals surface area contributed by atoms with Crippen molar-refractivity contribution in [1.29, 1.82) is 0 Å². The summed E-state index contributed by atoms with van der Waals surface area (Å²) in [6.07, 6.45) is 2.18. The Morgan fingerprint density at radius 2 is 2.00 bits per heavy atom. The van der Waals surface area contributed by atoms with Crippen molar-refractivity contribution in [3.63, 3.8) is 0 Å². The summed E-state index contributed by atoms with van der Waals surface area (Å²) in [5.41, 5.74) is 0.515. The minimum atomic E-state index is -0.265. The van der Waals surface area contributed by atoms with Crippen LogP contribution in [0.2, 0.25) is 0 Å². The molecule has 0 radical (unpaired) electrons. The molecule has 1 aromatic carbocycles. The Morgan fingerprint density at radius 1 is 1.32 bits per heavy atom. The molecule has 1 heterocycles. The molecule has 1 atom stereocenters. The molecule has 1 aliphatic heterocycles. The highest BCUT2D eigenvalue weighted by Gasteiger charge is 2.34. The number of Topliss-reactive ketones (excluding diaryl/α,β-unsaturated/α-hetero) is 1. The first kappa shape index (κ1) is 14.1. The third-order valence-corrected chi connectivity index (χ3v) is 3.63. The molecule has 1 aromatic rings. The molecule has 0 aliphatic carbocycles. The summed E-state index contributed by atoms with van der Waals surface area (Å²) in [5, 5.41) is 3.32. The average molecular weight is 261 g/mol. The quantitative estimate of drug-likeness (QED) is 0.847. The number of nitrogens with one attached hydrogen (secondary N) is 1. The van der Waals surface area contributed by atoms with Gasteiger partial charge in [0.2, 0.25) is 0 Å². The first-order valence-electron chi connectivity index (χ1n) is 7.03. The minimum absolute atomic E-state index is 0.154. The van der Waals surface area contributed by atoms with Crippen molar-refractivity contribution < 1.29 is 9.53 Å². The van der Waals surface area contributed by atoms with Crippen LogP contribution in [0.1, 0.15) is 44.0 Å². The van der Waals surface area contributed by atoms with E-state index in [1.165, 1.54) is 0 Å². The van der Waals surface area contributed by atoms with Crippen LogP contribution in [-0.2, 0) is 0 Å².